The summed E-state index contributed by atoms with van der Waals surface area (Å²) in [5.74, 6) is 0.442. The maximum Gasteiger partial charge on any atom is 0.255 e. The van der Waals surface area contributed by atoms with Crippen LogP contribution in [-0.2, 0) is 0 Å². The highest BCUT2D eigenvalue weighted by Crippen LogP contribution is 2.33. The van der Waals surface area contributed by atoms with E-state index in [1.807, 2.05) is 53.9 Å². The van der Waals surface area contributed by atoms with Crippen molar-refractivity contribution in [2.75, 3.05) is 12.4 Å². The first-order chi connectivity index (χ1) is 14.1. The number of halogens is 1. The van der Waals surface area contributed by atoms with Crippen molar-refractivity contribution in [3.63, 3.8) is 0 Å². The molecule has 29 heavy (non-hydrogen) atoms. The molecule has 3 aromatic carbocycles. The van der Waals surface area contributed by atoms with Crippen LogP contribution in [0.4, 0.5) is 5.69 Å². The molecule has 0 unspecified atom stereocenters. The number of nitrogens with one attached hydrogen (secondary N) is 1. The van der Waals surface area contributed by atoms with Crippen LogP contribution in [0.1, 0.15) is 10.4 Å². The third-order valence-corrected chi connectivity index (χ3v) is 5.56. The smallest absolute Gasteiger partial charge is 0.255 e. The van der Waals surface area contributed by atoms with Gasteiger partial charge in [-0.2, -0.15) is 0 Å². The topological polar surface area (TPSA) is 51.2 Å². The monoisotopic (exact) mass is 420 g/mol. The molecule has 0 saturated heterocycles. The van der Waals surface area contributed by atoms with Crippen molar-refractivity contribution in [2.45, 2.75) is 0 Å². The zero-order valence-electron chi connectivity index (χ0n) is 15.6. The fourth-order valence-corrected chi connectivity index (χ4v) is 4.04. The molecule has 1 aromatic heterocycles. The Morgan fingerprint density at radius 1 is 1.03 bits per heavy atom. The van der Waals surface area contributed by atoms with Gasteiger partial charge in [-0.1, -0.05) is 48.0 Å². The molecule has 1 N–H and O–H groups in total. The molecular weight excluding hydrogens is 404 g/mol. The van der Waals surface area contributed by atoms with E-state index in [0.717, 1.165) is 21.8 Å². The molecule has 4 aromatic rings. The van der Waals surface area contributed by atoms with Gasteiger partial charge in [0, 0.05) is 27.8 Å². The number of nitrogens with zero attached hydrogens (tertiary/aromatic N) is 1. The number of hydrogen-bond acceptors (Lipinski definition) is 4. The third-order valence-electron chi connectivity index (χ3n) is 4.36. The molecule has 0 atom stereocenters. The minimum absolute atomic E-state index is 0.198. The minimum atomic E-state index is -0.198. The predicted molar refractivity (Wildman–Crippen MR) is 119 cm³/mol. The van der Waals surface area contributed by atoms with Gasteiger partial charge in [-0.3, -0.25) is 4.79 Å². The highest BCUT2D eigenvalue weighted by atomic mass is 35.5. The summed E-state index contributed by atoms with van der Waals surface area (Å²) in [4.78, 5) is 17.3. The second-order valence-corrected chi connectivity index (χ2v) is 7.55. The maximum absolute atomic E-state index is 12.6. The molecule has 4 rings (SSSR count). The Bertz CT molecular complexity index is 1170. The molecule has 0 saturated carbocycles. The van der Waals surface area contributed by atoms with Crippen LogP contribution in [0.5, 0.6) is 5.75 Å². The van der Waals surface area contributed by atoms with Crippen molar-refractivity contribution in [3.8, 4) is 27.6 Å². The van der Waals surface area contributed by atoms with Crippen molar-refractivity contribution < 1.29 is 9.53 Å². The Hall–Kier alpha value is -3.15. The standard InChI is InChI=1S/C23H17ClN2O2S/c1-28-18-9-5-7-16(13-18)22(27)25-17-8-4-6-15(12-17)21-14-29-23(26-21)19-10-2-3-11-20(19)24/h2-14H,1H3,(H,25,27). The fourth-order valence-electron chi connectivity index (χ4n) is 2.89. The zero-order valence-corrected chi connectivity index (χ0v) is 17.1. The summed E-state index contributed by atoms with van der Waals surface area (Å²) >= 11 is 7.82. The summed E-state index contributed by atoms with van der Waals surface area (Å²) in [5, 5.41) is 6.45. The number of carbonyl (C=O) groups is 1. The van der Waals surface area contributed by atoms with E-state index in [9.17, 15) is 4.79 Å². The van der Waals surface area contributed by atoms with E-state index in [1.165, 1.54) is 11.3 Å². The van der Waals surface area contributed by atoms with Gasteiger partial charge in [0.2, 0.25) is 0 Å². The number of thiazole rings is 1. The van der Waals surface area contributed by atoms with Crippen molar-refractivity contribution in [3.05, 3.63) is 88.8 Å². The average molecular weight is 421 g/mol. The number of ether oxygens (including phenoxy) is 1. The van der Waals surface area contributed by atoms with Gasteiger partial charge in [-0.15, -0.1) is 11.3 Å². The zero-order chi connectivity index (χ0) is 20.2. The molecule has 1 amide bonds. The van der Waals surface area contributed by atoms with Crippen LogP contribution in [-0.4, -0.2) is 18.0 Å². The van der Waals surface area contributed by atoms with E-state index in [0.29, 0.717) is 22.0 Å². The highest BCUT2D eigenvalue weighted by molar-refractivity contribution is 7.13. The Morgan fingerprint density at radius 2 is 1.86 bits per heavy atom. The molecule has 0 bridgehead atoms. The molecule has 0 aliphatic heterocycles. The van der Waals surface area contributed by atoms with Crippen LogP contribution in [0, 0.1) is 0 Å². The molecule has 4 nitrogen and oxygen atoms in total. The number of rotatable bonds is 5. The first kappa shape index (κ1) is 19.2. The SMILES string of the molecule is COc1cccc(C(=O)Nc2cccc(-c3csc(-c4ccccc4Cl)n3)c2)c1. The number of anilines is 1. The van der Waals surface area contributed by atoms with Gasteiger partial charge in [0.15, 0.2) is 0 Å². The van der Waals surface area contributed by atoms with Crippen LogP contribution in [0.3, 0.4) is 0 Å². The second-order valence-electron chi connectivity index (χ2n) is 6.28. The lowest BCUT2D eigenvalue weighted by Crippen LogP contribution is -2.11. The van der Waals surface area contributed by atoms with Gasteiger partial charge in [-0.25, -0.2) is 4.98 Å². The van der Waals surface area contributed by atoms with E-state index in [2.05, 4.69) is 5.32 Å². The lowest BCUT2D eigenvalue weighted by molar-refractivity contribution is 0.102. The lowest BCUT2D eigenvalue weighted by Gasteiger charge is -2.08. The number of benzene rings is 3. The fraction of sp³-hybridized carbons (Fsp3) is 0.0435. The summed E-state index contributed by atoms with van der Waals surface area (Å²) in [7, 11) is 1.57. The summed E-state index contributed by atoms with van der Waals surface area (Å²) < 4.78 is 5.18. The van der Waals surface area contributed by atoms with Crippen LogP contribution < -0.4 is 10.1 Å². The van der Waals surface area contributed by atoms with Gasteiger partial charge >= 0.3 is 0 Å². The van der Waals surface area contributed by atoms with E-state index in [4.69, 9.17) is 21.3 Å². The van der Waals surface area contributed by atoms with Gasteiger partial charge in [-0.05, 0) is 36.4 Å². The first-order valence-corrected chi connectivity index (χ1v) is 10.2. The van der Waals surface area contributed by atoms with Crippen molar-refractivity contribution in [2.24, 2.45) is 0 Å². The van der Waals surface area contributed by atoms with Crippen LogP contribution in [0.25, 0.3) is 21.8 Å². The molecule has 6 heteroatoms. The molecule has 0 radical (unpaired) electrons. The molecule has 0 fully saturated rings. The number of hydrogen-bond donors (Lipinski definition) is 1. The van der Waals surface area contributed by atoms with Crippen molar-refractivity contribution in [1.29, 1.82) is 0 Å². The Kier molecular flexibility index (Phi) is 5.60. The average Bonchev–Trinajstić information content (AvgIpc) is 3.24. The lowest BCUT2D eigenvalue weighted by atomic mass is 10.1. The molecule has 0 spiro atoms. The number of amides is 1. The maximum atomic E-state index is 12.6. The summed E-state index contributed by atoms with van der Waals surface area (Å²) in [6.07, 6.45) is 0. The van der Waals surface area contributed by atoms with Gasteiger partial charge < -0.3 is 10.1 Å². The van der Waals surface area contributed by atoms with Crippen LogP contribution in [0.2, 0.25) is 5.02 Å². The van der Waals surface area contributed by atoms with Crippen LogP contribution >= 0.6 is 22.9 Å². The second kappa shape index (κ2) is 8.47. The van der Waals surface area contributed by atoms with E-state index >= 15 is 0 Å². The summed E-state index contributed by atoms with van der Waals surface area (Å²) in [5.41, 5.74) is 3.89. The molecule has 0 aliphatic rings. The predicted octanol–water partition coefficient (Wildman–Crippen LogP) is 6.39. The van der Waals surface area contributed by atoms with Crippen LogP contribution in [0.15, 0.2) is 78.2 Å². The van der Waals surface area contributed by atoms with E-state index in [-0.39, 0.29) is 5.91 Å². The quantitative estimate of drug-likeness (QED) is 0.407. The summed E-state index contributed by atoms with van der Waals surface area (Å²) in [6, 6.07) is 22.3. The van der Waals surface area contributed by atoms with Crippen molar-refractivity contribution in [1.82, 2.24) is 4.98 Å². The highest BCUT2D eigenvalue weighted by Gasteiger charge is 2.11. The molecule has 1 heterocycles. The van der Waals surface area contributed by atoms with E-state index in [1.54, 1.807) is 31.4 Å². The van der Waals surface area contributed by atoms with E-state index < -0.39 is 0 Å². The Morgan fingerprint density at radius 3 is 2.69 bits per heavy atom. The third kappa shape index (κ3) is 4.31. The summed E-state index contributed by atoms with van der Waals surface area (Å²) in [6.45, 7) is 0. The van der Waals surface area contributed by atoms with Gasteiger partial charge in [0.25, 0.3) is 5.91 Å². The Labute approximate surface area is 177 Å². The first-order valence-electron chi connectivity index (χ1n) is 8.90. The number of aromatic nitrogens is 1. The Balaban J connectivity index is 1.56. The molecule has 144 valence electrons. The number of carbonyl (C=O) groups excluding carboxylic acids is 1. The normalized spacial score (nSPS) is 10.6. The molecule has 0 aliphatic carbocycles. The van der Waals surface area contributed by atoms with Gasteiger partial charge in [0.1, 0.15) is 10.8 Å². The van der Waals surface area contributed by atoms with Crippen molar-refractivity contribution >= 4 is 34.5 Å². The largest absolute Gasteiger partial charge is 0.497 e. The van der Waals surface area contributed by atoms with Gasteiger partial charge in [0.05, 0.1) is 17.8 Å². The minimum Gasteiger partial charge on any atom is -0.497 e. The number of methoxy groups -OCH3 is 1. The molecular formula is C23H17ClN2O2S.